The van der Waals surface area contributed by atoms with Gasteiger partial charge in [-0.25, -0.2) is 5.01 Å². The first-order valence-electron chi connectivity index (χ1n) is 6.08. The third-order valence-electron chi connectivity index (χ3n) is 3.47. The van der Waals surface area contributed by atoms with Gasteiger partial charge < -0.3 is 0 Å². The predicted octanol–water partition coefficient (Wildman–Crippen LogP) is 0.943. The number of hydrogen-bond acceptors (Lipinski definition) is 4. The highest BCUT2D eigenvalue weighted by atomic mass is 32.2. The number of hydrogen-bond donors (Lipinski definition) is 2. The molecular weight excluding hydrogens is 222 g/mol. The van der Waals surface area contributed by atoms with E-state index in [1.807, 2.05) is 0 Å². The summed E-state index contributed by atoms with van der Waals surface area (Å²) in [5, 5.41) is 5.34. The Balaban J connectivity index is 1.88. The number of nitrogens with zero attached hydrogens (tertiary/aromatic N) is 1. The molecule has 0 radical (unpaired) electrons. The number of carbonyl (C=O) groups is 1. The third-order valence-corrected chi connectivity index (χ3v) is 4.41. The number of carbonyl (C=O) groups excluding carboxylic acids is 1. The lowest BCUT2D eigenvalue weighted by molar-refractivity contribution is -0.130. The van der Waals surface area contributed by atoms with Crippen LogP contribution in [0.3, 0.4) is 0 Å². The van der Waals surface area contributed by atoms with Gasteiger partial charge >= 0.3 is 0 Å². The average molecular weight is 243 g/mol. The Labute approximate surface area is 101 Å². The van der Waals surface area contributed by atoms with Crippen LogP contribution in [0.25, 0.3) is 0 Å². The van der Waals surface area contributed by atoms with Crippen LogP contribution in [-0.2, 0) is 4.79 Å². The Bertz CT molecular complexity index is 246. The van der Waals surface area contributed by atoms with E-state index in [1.165, 1.54) is 19.3 Å². The van der Waals surface area contributed by atoms with Crippen molar-refractivity contribution in [2.45, 2.75) is 51.2 Å². The lowest BCUT2D eigenvalue weighted by atomic mass is 10.00. The summed E-state index contributed by atoms with van der Waals surface area (Å²) < 4.78 is 0. The van der Waals surface area contributed by atoms with Gasteiger partial charge in [-0.2, -0.15) is 0 Å². The summed E-state index contributed by atoms with van der Waals surface area (Å²) in [7, 11) is 0. The van der Waals surface area contributed by atoms with Gasteiger partial charge in [-0.3, -0.25) is 15.5 Å². The molecule has 2 aliphatic heterocycles. The van der Waals surface area contributed by atoms with E-state index in [2.05, 4.69) is 29.6 Å². The average Bonchev–Trinajstić information content (AvgIpc) is 2.76. The van der Waals surface area contributed by atoms with Crippen molar-refractivity contribution in [2.24, 2.45) is 0 Å². The van der Waals surface area contributed by atoms with E-state index in [-0.39, 0.29) is 11.9 Å². The summed E-state index contributed by atoms with van der Waals surface area (Å²) in [5.41, 5.74) is 3.08. The zero-order chi connectivity index (χ0) is 11.5. The number of amides is 1. The zero-order valence-corrected chi connectivity index (χ0v) is 10.8. The van der Waals surface area contributed by atoms with Crippen molar-refractivity contribution in [2.75, 3.05) is 11.6 Å². The van der Waals surface area contributed by atoms with E-state index < -0.39 is 0 Å². The van der Waals surface area contributed by atoms with E-state index in [1.54, 1.807) is 11.8 Å². The molecule has 0 aromatic carbocycles. The molecule has 3 unspecified atom stereocenters. The van der Waals surface area contributed by atoms with Crippen molar-refractivity contribution in [3.8, 4) is 0 Å². The standard InChI is InChI=1S/C11H21N3OS/c1-8-4-3-5-9(2)14(8)13-11(15)10-6-16-7-12-10/h8-10,12H,3-7H2,1-2H3,(H,13,15). The van der Waals surface area contributed by atoms with Crippen molar-refractivity contribution in [1.82, 2.24) is 15.8 Å². The summed E-state index contributed by atoms with van der Waals surface area (Å²) in [6.45, 7) is 4.37. The Kier molecular flexibility index (Phi) is 4.10. The van der Waals surface area contributed by atoms with E-state index in [4.69, 9.17) is 0 Å². The molecule has 2 N–H and O–H groups in total. The molecule has 16 heavy (non-hydrogen) atoms. The van der Waals surface area contributed by atoms with Gasteiger partial charge in [-0.1, -0.05) is 6.42 Å². The highest BCUT2D eigenvalue weighted by molar-refractivity contribution is 7.99. The van der Waals surface area contributed by atoms with Crippen LogP contribution in [0.2, 0.25) is 0 Å². The van der Waals surface area contributed by atoms with Gasteiger partial charge in [-0.05, 0) is 26.7 Å². The number of hydrazine groups is 1. The molecular formula is C11H21N3OS. The van der Waals surface area contributed by atoms with Crippen LogP contribution in [0, 0.1) is 0 Å². The summed E-state index contributed by atoms with van der Waals surface area (Å²) >= 11 is 1.78. The van der Waals surface area contributed by atoms with Crippen molar-refractivity contribution in [1.29, 1.82) is 0 Å². The molecule has 5 heteroatoms. The Morgan fingerprint density at radius 3 is 2.62 bits per heavy atom. The molecule has 0 bridgehead atoms. The Morgan fingerprint density at radius 2 is 2.06 bits per heavy atom. The first-order valence-corrected chi connectivity index (χ1v) is 7.24. The number of rotatable bonds is 2. The lowest BCUT2D eigenvalue weighted by Crippen LogP contribution is -2.57. The van der Waals surface area contributed by atoms with Gasteiger partial charge in [0.05, 0.1) is 6.04 Å². The van der Waals surface area contributed by atoms with Gasteiger partial charge in [0.2, 0.25) is 0 Å². The largest absolute Gasteiger partial charge is 0.296 e. The quantitative estimate of drug-likeness (QED) is 0.758. The van der Waals surface area contributed by atoms with E-state index in [0.29, 0.717) is 12.1 Å². The Morgan fingerprint density at radius 1 is 1.38 bits per heavy atom. The van der Waals surface area contributed by atoms with Crippen LogP contribution < -0.4 is 10.7 Å². The van der Waals surface area contributed by atoms with Gasteiger partial charge in [0, 0.05) is 23.7 Å². The van der Waals surface area contributed by atoms with Crippen LogP contribution in [0.5, 0.6) is 0 Å². The van der Waals surface area contributed by atoms with Gasteiger partial charge in [0.25, 0.3) is 5.91 Å². The number of piperidine rings is 1. The maximum absolute atomic E-state index is 12.0. The van der Waals surface area contributed by atoms with Gasteiger partial charge in [0.15, 0.2) is 0 Å². The lowest BCUT2D eigenvalue weighted by Gasteiger charge is -2.39. The SMILES string of the molecule is CC1CCCC(C)N1NC(=O)C1CSCN1. The topological polar surface area (TPSA) is 44.4 Å². The second-order valence-electron chi connectivity index (χ2n) is 4.78. The molecule has 2 rings (SSSR count). The molecule has 0 aliphatic carbocycles. The monoisotopic (exact) mass is 243 g/mol. The molecule has 92 valence electrons. The minimum Gasteiger partial charge on any atom is -0.296 e. The molecule has 0 aromatic rings. The van der Waals surface area contributed by atoms with Crippen molar-refractivity contribution < 1.29 is 4.79 Å². The van der Waals surface area contributed by atoms with E-state index in [0.717, 1.165) is 11.6 Å². The third kappa shape index (κ3) is 2.70. The van der Waals surface area contributed by atoms with Crippen molar-refractivity contribution in [3.63, 3.8) is 0 Å². The molecule has 2 fully saturated rings. The molecule has 3 atom stereocenters. The fraction of sp³-hybridized carbons (Fsp3) is 0.909. The van der Waals surface area contributed by atoms with E-state index in [9.17, 15) is 4.79 Å². The molecule has 2 saturated heterocycles. The highest BCUT2D eigenvalue weighted by Crippen LogP contribution is 2.20. The Hall–Kier alpha value is -0.260. The van der Waals surface area contributed by atoms with Crippen molar-refractivity contribution >= 4 is 17.7 Å². The van der Waals surface area contributed by atoms with Crippen LogP contribution in [0.15, 0.2) is 0 Å². The molecule has 4 nitrogen and oxygen atoms in total. The van der Waals surface area contributed by atoms with Crippen LogP contribution in [0.1, 0.15) is 33.1 Å². The molecule has 2 aliphatic rings. The fourth-order valence-corrected chi connectivity index (χ4v) is 3.35. The molecule has 1 amide bonds. The van der Waals surface area contributed by atoms with Crippen LogP contribution >= 0.6 is 11.8 Å². The first-order chi connectivity index (χ1) is 7.68. The van der Waals surface area contributed by atoms with Crippen LogP contribution in [0.4, 0.5) is 0 Å². The minimum absolute atomic E-state index is 0.00803. The first kappa shape index (κ1) is 12.2. The van der Waals surface area contributed by atoms with Crippen LogP contribution in [-0.4, -0.2) is 40.7 Å². The van der Waals surface area contributed by atoms with Gasteiger partial charge in [0.1, 0.15) is 0 Å². The summed E-state index contributed by atoms with van der Waals surface area (Å²) in [6.07, 6.45) is 3.63. The molecule has 2 heterocycles. The zero-order valence-electron chi connectivity index (χ0n) is 10.0. The summed E-state index contributed by atoms with van der Waals surface area (Å²) in [5.74, 6) is 1.91. The minimum atomic E-state index is -0.00803. The van der Waals surface area contributed by atoms with Crippen molar-refractivity contribution in [3.05, 3.63) is 0 Å². The van der Waals surface area contributed by atoms with Gasteiger partial charge in [-0.15, -0.1) is 11.8 Å². The maximum atomic E-state index is 12.0. The number of thioether (sulfide) groups is 1. The predicted molar refractivity (Wildman–Crippen MR) is 67.0 cm³/mol. The maximum Gasteiger partial charge on any atom is 0.252 e. The highest BCUT2D eigenvalue weighted by Gasteiger charge is 2.29. The number of nitrogens with one attached hydrogen (secondary N) is 2. The molecule has 0 saturated carbocycles. The molecule has 0 spiro atoms. The van der Waals surface area contributed by atoms with E-state index >= 15 is 0 Å². The molecule has 0 aromatic heterocycles. The fourth-order valence-electron chi connectivity index (χ4n) is 2.41. The second-order valence-corrected chi connectivity index (χ2v) is 5.81. The summed E-state index contributed by atoms with van der Waals surface area (Å²) in [4.78, 5) is 12.0. The summed E-state index contributed by atoms with van der Waals surface area (Å²) in [6, 6.07) is 0.912. The smallest absolute Gasteiger partial charge is 0.252 e. The normalized spacial score (nSPS) is 36.2. The second kappa shape index (κ2) is 5.38.